The van der Waals surface area contributed by atoms with Crippen molar-refractivity contribution in [2.75, 3.05) is 13.1 Å². The number of nitriles is 1. The molecular weight excluding hydrogens is 444 g/mol. The van der Waals surface area contributed by atoms with E-state index in [1.54, 1.807) is 26.8 Å². The maximum atomic E-state index is 13.8. The largest absolute Gasteiger partial charge is 0.444 e. The Hall–Kier alpha value is -3.08. The van der Waals surface area contributed by atoms with Crippen LogP contribution in [0.15, 0.2) is 24.3 Å². The lowest BCUT2D eigenvalue weighted by atomic mass is 9.98. The third kappa shape index (κ3) is 10.8. The molecule has 0 aromatic heterocycles. The molecule has 0 saturated heterocycles. The molecule has 8 heteroatoms. The van der Waals surface area contributed by atoms with Gasteiger partial charge in [0.25, 0.3) is 0 Å². The van der Waals surface area contributed by atoms with Gasteiger partial charge in [0, 0.05) is 6.54 Å². The summed E-state index contributed by atoms with van der Waals surface area (Å²) in [6.07, 6.45) is 2.43. The summed E-state index contributed by atoms with van der Waals surface area (Å²) in [5.74, 6) is -0.777. The summed E-state index contributed by atoms with van der Waals surface area (Å²) in [4.78, 5) is 40.9. The molecule has 8 nitrogen and oxygen atoms in total. The Bertz CT molecular complexity index is 886. The second kappa shape index (κ2) is 14.3. The first-order chi connectivity index (χ1) is 16.4. The van der Waals surface area contributed by atoms with Gasteiger partial charge in [-0.15, -0.1) is 0 Å². The van der Waals surface area contributed by atoms with Crippen molar-refractivity contribution in [1.29, 1.82) is 5.26 Å². The van der Waals surface area contributed by atoms with Gasteiger partial charge >= 0.3 is 6.09 Å². The Kier molecular flexibility index (Phi) is 12.3. The average molecular weight is 487 g/mol. The molecule has 0 heterocycles. The lowest BCUT2D eigenvalue weighted by molar-refractivity contribution is -0.142. The van der Waals surface area contributed by atoms with Gasteiger partial charge in [-0.1, -0.05) is 63.4 Å². The highest BCUT2D eigenvalue weighted by atomic mass is 16.6. The lowest BCUT2D eigenvalue weighted by Crippen LogP contribution is -2.53. The summed E-state index contributed by atoms with van der Waals surface area (Å²) in [6, 6.07) is 7.42. The van der Waals surface area contributed by atoms with Crippen LogP contribution in [0.3, 0.4) is 0 Å². The van der Waals surface area contributed by atoms with Crippen LogP contribution in [0.2, 0.25) is 0 Å². The molecule has 194 valence electrons. The van der Waals surface area contributed by atoms with Gasteiger partial charge in [0.2, 0.25) is 11.8 Å². The zero-order valence-electron chi connectivity index (χ0n) is 22.3. The number of unbranched alkanes of at least 4 members (excludes halogenated alkanes) is 2. The zero-order valence-corrected chi connectivity index (χ0v) is 22.3. The summed E-state index contributed by atoms with van der Waals surface area (Å²) in [7, 11) is 0. The monoisotopic (exact) mass is 486 g/mol. The number of carbonyl (C=O) groups excluding carboxylic acids is 3. The SMILES string of the molecule is CCCCCNC(=O)C(c1cccc(C)c1)N(CC#N)C(=O)C(CC(C)C)NC(=O)OC(C)(C)C. The van der Waals surface area contributed by atoms with Gasteiger partial charge in [-0.05, 0) is 52.0 Å². The van der Waals surface area contributed by atoms with Crippen molar-refractivity contribution < 1.29 is 19.1 Å². The van der Waals surface area contributed by atoms with Gasteiger partial charge in [-0.3, -0.25) is 9.59 Å². The van der Waals surface area contributed by atoms with Gasteiger partial charge in [0.05, 0.1) is 6.07 Å². The molecule has 0 radical (unpaired) electrons. The molecular formula is C27H42N4O4. The molecule has 3 amide bonds. The first-order valence-corrected chi connectivity index (χ1v) is 12.4. The second-order valence-corrected chi connectivity index (χ2v) is 10.3. The van der Waals surface area contributed by atoms with Gasteiger partial charge < -0.3 is 20.3 Å². The highest BCUT2D eigenvalue weighted by molar-refractivity contribution is 5.92. The fourth-order valence-electron chi connectivity index (χ4n) is 3.71. The van der Waals surface area contributed by atoms with Crippen LogP contribution in [0, 0.1) is 24.2 Å². The van der Waals surface area contributed by atoms with Crippen molar-refractivity contribution in [3.63, 3.8) is 0 Å². The van der Waals surface area contributed by atoms with Crippen LogP contribution in [0.25, 0.3) is 0 Å². The molecule has 0 spiro atoms. The van der Waals surface area contributed by atoms with Gasteiger partial charge in [0.1, 0.15) is 24.2 Å². The van der Waals surface area contributed by atoms with Crippen molar-refractivity contribution in [1.82, 2.24) is 15.5 Å². The third-order valence-corrected chi connectivity index (χ3v) is 5.22. The van der Waals surface area contributed by atoms with Crippen molar-refractivity contribution in [3.05, 3.63) is 35.4 Å². The number of hydrogen-bond acceptors (Lipinski definition) is 5. The molecule has 35 heavy (non-hydrogen) atoms. The fourth-order valence-corrected chi connectivity index (χ4v) is 3.71. The van der Waals surface area contributed by atoms with Crippen molar-refractivity contribution >= 4 is 17.9 Å². The Morgan fingerprint density at radius 3 is 2.40 bits per heavy atom. The molecule has 0 saturated carbocycles. The molecule has 0 aliphatic rings. The van der Waals surface area contributed by atoms with Gasteiger partial charge in [-0.25, -0.2) is 4.79 Å². The third-order valence-electron chi connectivity index (χ3n) is 5.22. The molecule has 1 aromatic rings. The number of aryl methyl sites for hydroxylation is 1. The van der Waals surface area contributed by atoms with E-state index in [1.165, 1.54) is 4.90 Å². The summed E-state index contributed by atoms with van der Waals surface area (Å²) in [5, 5.41) is 15.2. The Morgan fingerprint density at radius 1 is 1.17 bits per heavy atom. The van der Waals surface area contributed by atoms with Gasteiger partial charge in [-0.2, -0.15) is 5.26 Å². The second-order valence-electron chi connectivity index (χ2n) is 10.3. The number of nitrogens with zero attached hydrogens (tertiary/aromatic N) is 2. The first kappa shape index (κ1) is 30.0. The molecule has 1 aromatic carbocycles. The molecule has 0 fully saturated rings. The van der Waals surface area contributed by atoms with E-state index >= 15 is 0 Å². The summed E-state index contributed by atoms with van der Waals surface area (Å²) in [6.45, 7) is 13.3. The van der Waals surface area contributed by atoms with E-state index in [9.17, 15) is 19.6 Å². The molecule has 2 atom stereocenters. The predicted molar refractivity (Wildman–Crippen MR) is 136 cm³/mol. The number of hydrogen-bond donors (Lipinski definition) is 2. The maximum absolute atomic E-state index is 13.8. The van der Waals surface area contributed by atoms with E-state index in [0.717, 1.165) is 24.8 Å². The summed E-state index contributed by atoms with van der Waals surface area (Å²) in [5.41, 5.74) is 0.813. The average Bonchev–Trinajstić information content (AvgIpc) is 2.74. The van der Waals surface area contributed by atoms with E-state index in [-0.39, 0.29) is 18.4 Å². The molecule has 0 bridgehead atoms. The zero-order chi connectivity index (χ0) is 26.6. The normalized spacial score (nSPS) is 12.9. The minimum absolute atomic E-state index is 0.0723. The number of rotatable bonds is 12. The van der Waals surface area contributed by atoms with E-state index in [0.29, 0.717) is 18.5 Å². The maximum Gasteiger partial charge on any atom is 0.408 e. The van der Waals surface area contributed by atoms with Crippen LogP contribution in [0.5, 0.6) is 0 Å². The number of benzene rings is 1. The first-order valence-electron chi connectivity index (χ1n) is 12.4. The molecule has 0 aliphatic carbocycles. The Balaban J connectivity index is 3.35. The quantitative estimate of drug-likeness (QED) is 0.330. The minimum Gasteiger partial charge on any atom is -0.444 e. The van der Waals surface area contributed by atoms with Crippen LogP contribution in [-0.2, 0) is 14.3 Å². The van der Waals surface area contributed by atoms with Crippen LogP contribution in [0.1, 0.15) is 84.4 Å². The van der Waals surface area contributed by atoms with E-state index in [2.05, 4.69) is 17.6 Å². The molecule has 2 N–H and O–H groups in total. The van der Waals surface area contributed by atoms with E-state index in [1.807, 2.05) is 45.0 Å². The van der Waals surface area contributed by atoms with Crippen LogP contribution >= 0.6 is 0 Å². The minimum atomic E-state index is -1.00. The highest BCUT2D eigenvalue weighted by Gasteiger charge is 2.36. The van der Waals surface area contributed by atoms with E-state index < -0.39 is 29.7 Å². The molecule has 0 aliphatic heterocycles. The van der Waals surface area contributed by atoms with Crippen molar-refractivity contribution in [2.45, 2.75) is 91.8 Å². The topological polar surface area (TPSA) is 112 Å². The Morgan fingerprint density at radius 2 is 1.86 bits per heavy atom. The van der Waals surface area contributed by atoms with Crippen molar-refractivity contribution in [2.24, 2.45) is 5.92 Å². The number of carbonyl (C=O) groups is 3. The van der Waals surface area contributed by atoms with Crippen LogP contribution in [0.4, 0.5) is 4.79 Å². The van der Waals surface area contributed by atoms with Crippen molar-refractivity contribution in [3.8, 4) is 6.07 Å². The molecule has 1 rings (SSSR count). The lowest BCUT2D eigenvalue weighted by Gasteiger charge is -2.33. The predicted octanol–water partition coefficient (Wildman–Crippen LogP) is 4.63. The highest BCUT2D eigenvalue weighted by Crippen LogP contribution is 2.24. The Labute approximate surface area is 210 Å². The fraction of sp³-hybridized carbons (Fsp3) is 0.630. The summed E-state index contributed by atoms with van der Waals surface area (Å²) >= 11 is 0. The smallest absolute Gasteiger partial charge is 0.408 e. The standard InChI is InChI=1S/C27H42N4O4/c1-8-9-10-15-29-24(32)23(21-13-11-12-20(4)18-21)31(16-14-28)25(33)22(17-19(2)3)30-26(34)35-27(5,6)7/h11-13,18-19,22-23H,8-10,15-17H2,1-7H3,(H,29,32)(H,30,34). The number of amides is 3. The van der Waals surface area contributed by atoms with Gasteiger partial charge in [0.15, 0.2) is 0 Å². The molecule has 2 unspecified atom stereocenters. The summed E-state index contributed by atoms with van der Waals surface area (Å²) < 4.78 is 5.36. The van der Waals surface area contributed by atoms with Crippen LogP contribution in [-0.4, -0.2) is 47.5 Å². The van der Waals surface area contributed by atoms with Crippen LogP contribution < -0.4 is 10.6 Å². The number of alkyl carbamates (subject to hydrolysis) is 1. The number of ether oxygens (including phenoxy) is 1. The number of nitrogens with one attached hydrogen (secondary N) is 2. The van der Waals surface area contributed by atoms with E-state index in [4.69, 9.17) is 4.74 Å².